The maximum absolute atomic E-state index is 4.64. The number of H-pyrrole nitrogens is 1. The number of guanidine groups is 1. The van der Waals surface area contributed by atoms with E-state index in [1.54, 1.807) is 11.3 Å². The second kappa shape index (κ2) is 8.58. The first-order valence-electron chi connectivity index (χ1n) is 7.75. The molecule has 0 aliphatic heterocycles. The molecule has 2 rings (SSSR count). The second-order valence-electron chi connectivity index (χ2n) is 5.26. The molecule has 0 aliphatic rings. The van der Waals surface area contributed by atoms with Gasteiger partial charge in [0.2, 0.25) is 0 Å². The van der Waals surface area contributed by atoms with E-state index in [9.17, 15) is 0 Å². The van der Waals surface area contributed by atoms with Gasteiger partial charge < -0.3 is 10.6 Å². The quantitative estimate of drug-likeness (QED) is 0.418. The number of aliphatic imine (C=N–C) groups is 1. The summed E-state index contributed by atoms with van der Waals surface area (Å²) in [5.41, 5.74) is 2.45. The number of hydrogen-bond acceptors (Lipinski definition) is 3. The van der Waals surface area contributed by atoms with E-state index in [2.05, 4.69) is 58.7 Å². The highest BCUT2D eigenvalue weighted by Crippen LogP contribution is 2.15. The van der Waals surface area contributed by atoms with Crippen LogP contribution >= 0.6 is 11.3 Å². The molecule has 6 heteroatoms. The zero-order chi connectivity index (χ0) is 15.8. The molecule has 0 unspecified atom stereocenters. The average molecular weight is 319 g/mol. The Hall–Kier alpha value is -1.82. The van der Waals surface area contributed by atoms with Gasteiger partial charge in [0.05, 0.1) is 12.7 Å². The predicted molar refractivity (Wildman–Crippen MR) is 93.5 cm³/mol. The van der Waals surface area contributed by atoms with Gasteiger partial charge >= 0.3 is 0 Å². The fraction of sp³-hybridized carbons (Fsp3) is 0.500. The van der Waals surface area contributed by atoms with E-state index >= 15 is 0 Å². The summed E-state index contributed by atoms with van der Waals surface area (Å²) in [6.07, 6.45) is 4.00. The van der Waals surface area contributed by atoms with E-state index < -0.39 is 0 Å². The van der Waals surface area contributed by atoms with Gasteiger partial charge in [0.25, 0.3) is 0 Å². The number of rotatable bonds is 7. The molecule has 3 N–H and O–H groups in total. The molecule has 0 radical (unpaired) electrons. The van der Waals surface area contributed by atoms with Crippen molar-refractivity contribution in [3.05, 3.63) is 39.3 Å². The summed E-state index contributed by atoms with van der Waals surface area (Å²) in [6, 6.07) is 4.29. The highest BCUT2D eigenvalue weighted by atomic mass is 32.1. The number of thiophene rings is 1. The van der Waals surface area contributed by atoms with Gasteiger partial charge in [-0.05, 0) is 51.3 Å². The number of nitrogens with zero attached hydrogens (tertiary/aromatic N) is 2. The lowest BCUT2D eigenvalue weighted by Crippen LogP contribution is -2.37. The molecule has 0 fully saturated rings. The minimum Gasteiger partial charge on any atom is -0.357 e. The van der Waals surface area contributed by atoms with Crippen molar-refractivity contribution in [1.29, 1.82) is 0 Å². The number of aromatic nitrogens is 2. The lowest BCUT2D eigenvalue weighted by Gasteiger charge is -2.10. The van der Waals surface area contributed by atoms with Crippen LogP contribution in [-0.2, 0) is 13.0 Å². The van der Waals surface area contributed by atoms with Gasteiger partial charge in [0.15, 0.2) is 5.96 Å². The predicted octanol–water partition coefficient (Wildman–Crippen LogP) is 2.78. The average Bonchev–Trinajstić information content (AvgIpc) is 3.09. The van der Waals surface area contributed by atoms with Gasteiger partial charge in [-0.1, -0.05) is 0 Å². The van der Waals surface area contributed by atoms with Gasteiger partial charge in [-0.25, -0.2) is 4.99 Å². The van der Waals surface area contributed by atoms with Gasteiger partial charge in [-0.15, -0.1) is 11.3 Å². The monoisotopic (exact) mass is 319 g/mol. The highest BCUT2D eigenvalue weighted by Gasteiger charge is 2.02. The Bertz CT molecular complexity index is 599. The van der Waals surface area contributed by atoms with Crippen LogP contribution in [0.2, 0.25) is 0 Å². The highest BCUT2D eigenvalue weighted by molar-refractivity contribution is 7.11. The van der Waals surface area contributed by atoms with Gasteiger partial charge in [-0.2, -0.15) is 5.10 Å². The summed E-state index contributed by atoms with van der Waals surface area (Å²) >= 11 is 1.80. The van der Waals surface area contributed by atoms with Gasteiger partial charge in [-0.3, -0.25) is 5.10 Å². The molecule has 22 heavy (non-hydrogen) atoms. The Labute approximate surface area is 136 Å². The topological polar surface area (TPSA) is 65.1 Å². The van der Waals surface area contributed by atoms with Crippen molar-refractivity contribution in [1.82, 2.24) is 20.8 Å². The third-order valence-corrected chi connectivity index (χ3v) is 4.37. The first-order valence-corrected chi connectivity index (χ1v) is 8.57. The molecule has 0 bridgehead atoms. The van der Waals surface area contributed by atoms with Crippen LogP contribution in [0.15, 0.2) is 23.3 Å². The third kappa shape index (κ3) is 5.18. The number of aryl methyl sites for hydroxylation is 3. The molecule has 0 aliphatic carbocycles. The van der Waals surface area contributed by atoms with Crippen LogP contribution in [0, 0.1) is 13.8 Å². The Morgan fingerprint density at radius 3 is 2.82 bits per heavy atom. The van der Waals surface area contributed by atoms with E-state index in [1.807, 2.05) is 6.20 Å². The van der Waals surface area contributed by atoms with Crippen molar-refractivity contribution in [3.8, 4) is 0 Å². The lowest BCUT2D eigenvalue weighted by atomic mass is 10.1. The minimum absolute atomic E-state index is 0.731. The van der Waals surface area contributed by atoms with Gasteiger partial charge in [0, 0.05) is 28.5 Å². The van der Waals surface area contributed by atoms with Crippen LogP contribution in [0.5, 0.6) is 0 Å². The van der Waals surface area contributed by atoms with E-state index in [0.717, 1.165) is 44.1 Å². The fourth-order valence-corrected chi connectivity index (χ4v) is 3.00. The fourth-order valence-electron chi connectivity index (χ4n) is 2.18. The summed E-state index contributed by atoms with van der Waals surface area (Å²) in [4.78, 5) is 7.26. The smallest absolute Gasteiger partial charge is 0.191 e. The molecular formula is C16H25N5S. The molecule has 0 atom stereocenters. The first-order chi connectivity index (χ1) is 10.7. The van der Waals surface area contributed by atoms with E-state index in [1.165, 1.54) is 15.3 Å². The van der Waals surface area contributed by atoms with Crippen molar-refractivity contribution in [2.24, 2.45) is 4.99 Å². The molecule has 5 nitrogen and oxygen atoms in total. The molecular weight excluding hydrogens is 294 g/mol. The van der Waals surface area contributed by atoms with Crippen LogP contribution < -0.4 is 10.6 Å². The maximum atomic E-state index is 4.64. The summed E-state index contributed by atoms with van der Waals surface area (Å²) in [7, 11) is 0. The molecule has 0 amide bonds. The Kier molecular flexibility index (Phi) is 6.45. The van der Waals surface area contributed by atoms with Crippen molar-refractivity contribution < 1.29 is 0 Å². The van der Waals surface area contributed by atoms with E-state index in [-0.39, 0.29) is 0 Å². The molecule has 0 spiro atoms. The number of nitrogens with one attached hydrogen (secondary N) is 3. The van der Waals surface area contributed by atoms with Crippen LogP contribution in [0.1, 0.15) is 34.4 Å². The standard InChI is InChI=1S/C16H25N5S/c1-4-17-16(19-11-15-8-7-12(2)22-15)18-9-5-6-14-10-20-21-13(14)3/h7-8,10H,4-6,9,11H2,1-3H3,(H,20,21)(H2,17,18,19). The molecule has 0 saturated heterocycles. The first kappa shape index (κ1) is 16.5. The Morgan fingerprint density at radius 1 is 1.32 bits per heavy atom. The van der Waals surface area contributed by atoms with Crippen LogP contribution in [-0.4, -0.2) is 29.2 Å². The summed E-state index contributed by atoms with van der Waals surface area (Å²) < 4.78 is 0. The summed E-state index contributed by atoms with van der Waals surface area (Å²) in [5, 5.41) is 13.7. The van der Waals surface area contributed by atoms with Gasteiger partial charge in [0.1, 0.15) is 0 Å². The van der Waals surface area contributed by atoms with Crippen molar-refractivity contribution in [2.75, 3.05) is 13.1 Å². The molecule has 2 aromatic heterocycles. The Balaban J connectivity index is 1.77. The molecule has 0 aromatic carbocycles. The Morgan fingerprint density at radius 2 is 2.18 bits per heavy atom. The van der Waals surface area contributed by atoms with Crippen molar-refractivity contribution in [2.45, 2.75) is 40.2 Å². The second-order valence-corrected chi connectivity index (χ2v) is 6.63. The third-order valence-electron chi connectivity index (χ3n) is 3.38. The zero-order valence-corrected chi connectivity index (χ0v) is 14.4. The maximum Gasteiger partial charge on any atom is 0.191 e. The minimum atomic E-state index is 0.731. The largest absolute Gasteiger partial charge is 0.357 e. The number of aromatic amines is 1. The number of hydrogen-bond donors (Lipinski definition) is 3. The molecule has 2 heterocycles. The summed E-state index contributed by atoms with van der Waals surface area (Å²) in [6.45, 7) is 8.77. The van der Waals surface area contributed by atoms with Crippen LogP contribution in [0.4, 0.5) is 0 Å². The normalized spacial score (nSPS) is 11.7. The molecule has 120 valence electrons. The lowest BCUT2D eigenvalue weighted by molar-refractivity contribution is 0.742. The van der Waals surface area contributed by atoms with E-state index in [4.69, 9.17) is 0 Å². The molecule has 0 saturated carbocycles. The van der Waals surface area contributed by atoms with Crippen molar-refractivity contribution in [3.63, 3.8) is 0 Å². The summed E-state index contributed by atoms with van der Waals surface area (Å²) in [5.74, 6) is 0.887. The van der Waals surface area contributed by atoms with Crippen LogP contribution in [0.25, 0.3) is 0 Å². The zero-order valence-electron chi connectivity index (χ0n) is 13.6. The van der Waals surface area contributed by atoms with Crippen molar-refractivity contribution >= 4 is 17.3 Å². The SMILES string of the molecule is CCNC(=NCc1ccc(C)s1)NCCCc1cn[nH]c1C. The van der Waals surface area contributed by atoms with Crippen LogP contribution in [0.3, 0.4) is 0 Å². The molecule has 2 aromatic rings. The van der Waals surface area contributed by atoms with E-state index in [0.29, 0.717) is 0 Å².